The maximum Gasteiger partial charge on any atom is 0.163 e. The van der Waals surface area contributed by atoms with E-state index < -0.39 is 11.9 Å². The van der Waals surface area contributed by atoms with Crippen LogP contribution in [0, 0.1) is 0 Å². The summed E-state index contributed by atoms with van der Waals surface area (Å²) in [6, 6.07) is 0. The van der Waals surface area contributed by atoms with Gasteiger partial charge in [-0.1, -0.05) is 6.08 Å². The third-order valence-corrected chi connectivity index (χ3v) is 2.14. The number of aliphatic hydroxyl groups is 1. The van der Waals surface area contributed by atoms with Crippen LogP contribution in [0.4, 0.5) is 0 Å². The molecule has 3 nitrogen and oxygen atoms in total. The Labute approximate surface area is 79.3 Å². The summed E-state index contributed by atoms with van der Waals surface area (Å²) in [4.78, 5) is 0. The Morgan fingerprint density at radius 1 is 1.54 bits per heavy atom. The van der Waals surface area contributed by atoms with Crippen molar-refractivity contribution in [2.24, 2.45) is 0 Å². The molecule has 1 saturated heterocycles. The maximum atomic E-state index is 9.68. The molecule has 0 radical (unpaired) electrons. The van der Waals surface area contributed by atoms with Gasteiger partial charge >= 0.3 is 0 Å². The first-order valence-electron chi connectivity index (χ1n) is 4.61. The fraction of sp³-hybridized carbons (Fsp3) is 0.800. The predicted octanol–water partition coefficient (Wildman–Crippen LogP) is 1.46. The van der Waals surface area contributed by atoms with Gasteiger partial charge in [0.2, 0.25) is 0 Å². The molecular weight excluding hydrogens is 168 g/mol. The number of rotatable bonds is 3. The second-order valence-corrected chi connectivity index (χ2v) is 3.90. The molecule has 1 rings (SSSR count). The molecule has 1 aliphatic heterocycles. The zero-order valence-corrected chi connectivity index (χ0v) is 8.49. The lowest BCUT2D eigenvalue weighted by Gasteiger charge is -2.20. The second-order valence-electron chi connectivity index (χ2n) is 3.90. The number of hydrogen-bond acceptors (Lipinski definition) is 3. The van der Waals surface area contributed by atoms with Gasteiger partial charge in [0, 0.05) is 0 Å². The van der Waals surface area contributed by atoms with Crippen molar-refractivity contribution in [1.82, 2.24) is 0 Å². The largest absolute Gasteiger partial charge is 0.390 e. The summed E-state index contributed by atoms with van der Waals surface area (Å²) >= 11 is 0. The van der Waals surface area contributed by atoms with Crippen LogP contribution in [0.15, 0.2) is 12.7 Å². The molecule has 0 saturated carbocycles. The molecule has 1 aliphatic rings. The molecule has 0 aromatic carbocycles. The summed E-state index contributed by atoms with van der Waals surface area (Å²) in [5.74, 6) is -0.577. The van der Waals surface area contributed by atoms with Crippen LogP contribution in [0.2, 0.25) is 0 Å². The third-order valence-electron chi connectivity index (χ3n) is 2.14. The van der Waals surface area contributed by atoms with Crippen LogP contribution < -0.4 is 0 Å². The van der Waals surface area contributed by atoms with Gasteiger partial charge in [0.25, 0.3) is 0 Å². The van der Waals surface area contributed by atoms with Gasteiger partial charge in [-0.3, -0.25) is 0 Å². The van der Waals surface area contributed by atoms with Crippen LogP contribution in [0.25, 0.3) is 0 Å². The highest BCUT2D eigenvalue weighted by Gasteiger charge is 2.41. The number of aliphatic hydroxyl groups excluding tert-OH is 1. The normalized spacial score (nSPS) is 34.5. The lowest BCUT2D eigenvalue weighted by Crippen LogP contribution is -2.33. The van der Waals surface area contributed by atoms with Crippen molar-refractivity contribution >= 4 is 0 Å². The summed E-state index contributed by atoms with van der Waals surface area (Å²) < 4.78 is 11.1. The van der Waals surface area contributed by atoms with Gasteiger partial charge in [0.1, 0.15) is 6.10 Å². The number of hydrogen-bond donors (Lipinski definition) is 1. The van der Waals surface area contributed by atoms with Crippen LogP contribution in [0.5, 0.6) is 0 Å². The zero-order chi connectivity index (χ0) is 10.1. The molecule has 0 aromatic rings. The van der Waals surface area contributed by atoms with E-state index in [4.69, 9.17) is 9.47 Å². The summed E-state index contributed by atoms with van der Waals surface area (Å²) in [5, 5.41) is 9.68. The van der Waals surface area contributed by atoms with Gasteiger partial charge < -0.3 is 14.6 Å². The van der Waals surface area contributed by atoms with Crippen LogP contribution >= 0.6 is 0 Å². The van der Waals surface area contributed by atoms with E-state index in [1.807, 2.05) is 20.8 Å². The molecule has 0 aliphatic carbocycles. The molecule has 0 amide bonds. The van der Waals surface area contributed by atoms with Crippen molar-refractivity contribution in [3.63, 3.8) is 0 Å². The number of ether oxygens (including phenoxy) is 2. The van der Waals surface area contributed by atoms with Crippen molar-refractivity contribution < 1.29 is 14.6 Å². The fourth-order valence-corrected chi connectivity index (χ4v) is 1.66. The van der Waals surface area contributed by atoms with Crippen LogP contribution in [0.3, 0.4) is 0 Å². The van der Waals surface area contributed by atoms with E-state index in [-0.39, 0.29) is 12.2 Å². The standard InChI is InChI=1S/C10H18O3/c1-5-6-8(11)9-7(2)12-10(3,4)13-9/h5,7-9,11H,1,6H2,2-4H3/t7-,8-,9-/m0/s1. The molecule has 0 spiro atoms. The van der Waals surface area contributed by atoms with Crippen LogP contribution in [-0.2, 0) is 9.47 Å². The highest BCUT2D eigenvalue weighted by molar-refractivity contribution is 4.87. The first-order valence-corrected chi connectivity index (χ1v) is 4.61. The van der Waals surface area contributed by atoms with Crippen molar-refractivity contribution in [2.45, 2.75) is 51.3 Å². The van der Waals surface area contributed by atoms with E-state index in [1.165, 1.54) is 0 Å². The summed E-state index contributed by atoms with van der Waals surface area (Å²) in [6.45, 7) is 9.19. The molecule has 0 unspecified atom stereocenters. The second kappa shape index (κ2) is 3.78. The molecule has 13 heavy (non-hydrogen) atoms. The smallest absolute Gasteiger partial charge is 0.163 e. The van der Waals surface area contributed by atoms with Gasteiger partial charge in [0.05, 0.1) is 12.2 Å². The average Bonchev–Trinajstić information content (AvgIpc) is 2.25. The Morgan fingerprint density at radius 3 is 2.54 bits per heavy atom. The Morgan fingerprint density at radius 2 is 2.15 bits per heavy atom. The first kappa shape index (κ1) is 10.7. The first-order chi connectivity index (χ1) is 5.96. The molecule has 3 heteroatoms. The maximum absolute atomic E-state index is 9.68. The Hall–Kier alpha value is -0.380. The molecule has 1 fully saturated rings. The van der Waals surface area contributed by atoms with Crippen molar-refractivity contribution in [3.05, 3.63) is 12.7 Å². The van der Waals surface area contributed by atoms with E-state index >= 15 is 0 Å². The molecular formula is C10H18O3. The topological polar surface area (TPSA) is 38.7 Å². The molecule has 76 valence electrons. The van der Waals surface area contributed by atoms with Gasteiger partial charge in [0.15, 0.2) is 5.79 Å². The van der Waals surface area contributed by atoms with Gasteiger partial charge in [-0.2, -0.15) is 0 Å². The minimum absolute atomic E-state index is 0.0649. The van der Waals surface area contributed by atoms with Crippen molar-refractivity contribution in [2.75, 3.05) is 0 Å². The quantitative estimate of drug-likeness (QED) is 0.678. The fourth-order valence-electron chi connectivity index (χ4n) is 1.66. The molecule has 1 heterocycles. The van der Waals surface area contributed by atoms with Crippen LogP contribution in [0.1, 0.15) is 27.2 Å². The Balaban J connectivity index is 2.56. The van der Waals surface area contributed by atoms with Gasteiger partial charge in [-0.25, -0.2) is 0 Å². The SMILES string of the molecule is C=CC[C@H](O)[C@H]1OC(C)(C)O[C@H]1C. The van der Waals surface area contributed by atoms with Gasteiger partial charge in [-0.05, 0) is 27.2 Å². The average molecular weight is 186 g/mol. The summed E-state index contributed by atoms with van der Waals surface area (Å²) in [7, 11) is 0. The Kier molecular flexibility index (Phi) is 3.11. The van der Waals surface area contributed by atoms with E-state index in [1.54, 1.807) is 6.08 Å². The lowest BCUT2D eigenvalue weighted by molar-refractivity contribution is -0.154. The van der Waals surface area contributed by atoms with Crippen LogP contribution in [-0.4, -0.2) is 29.2 Å². The predicted molar refractivity (Wildman–Crippen MR) is 50.3 cm³/mol. The molecule has 1 N–H and O–H groups in total. The Bertz CT molecular complexity index is 189. The van der Waals surface area contributed by atoms with Crippen molar-refractivity contribution in [1.29, 1.82) is 0 Å². The molecule has 3 atom stereocenters. The zero-order valence-electron chi connectivity index (χ0n) is 8.49. The van der Waals surface area contributed by atoms with Gasteiger partial charge in [-0.15, -0.1) is 6.58 Å². The lowest BCUT2D eigenvalue weighted by atomic mass is 10.1. The van der Waals surface area contributed by atoms with E-state index in [9.17, 15) is 5.11 Å². The highest BCUT2D eigenvalue weighted by atomic mass is 16.8. The third kappa shape index (κ3) is 2.53. The highest BCUT2D eigenvalue weighted by Crippen LogP contribution is 2.30. The van der Waals surface area contributed by atoms with E-state index in [0.29, 0.717) is 6.42 Å². The van der Waals surface area contributed by atoms with E-state index in [0.717, 1.165) is 0 Å². The molecule has 0 aromatic heterocycles. The molecule has 0 bridgehead atoms. The summed E-state index contributed by atoms with van der Waals surface area (Å²) in [6.07, 6.45) is 1.40. The minimum Gasteiger partial charge on any atom is -0.390 e. The summed E-state index contributed by atoms with van der Waals surface area (Å²) in [5.41, 5.74) is 0. The minimum atomic E-state index is -0.577. The van der Waals surface area contributed by atoms with Crippen molar-refractivity contribution in [3.8, 4) is 0 Å². The van der Waals surface area contributed by atoms with E-state index in [2.05, 4.69) is 6.58 Å². The monoisotopic (exact) mass is 186 g/mol.